The van der Waals surface area contributed by atoms with Crippen LogP contribution < -0.4 is 4.90 Å². The van der Waals surface area contributed by atoms with E-state index in [9.17, 15) is 0 Å². The van der Waals surface area contributed by atoms with Gasteiger partial charge in [0.25, 0.3) is 0 Å². The van der Waals surface area contributed by atoms with Gasteiger partial charge in [0, 0.05) is 32.0 Å². The maximum absolute atomic E-state index is 9.02. The lowest BCUT2D eigenvalue weighted by molar-refractivity contribution is 0.300. The average molecular weight is 211 g/mol. The topological polar surface area (TPSA) is 41.3 Å². The van der Waals surface area contributed by atoms with Crippen LogP contribution in [0.15, 0.2) is 12.4 Å². The van der Waals surface area contributed by atoms with Crippen LogP contribution in [0.2, 0.25) is 0 Å². The van der Waals surface area contributed by atoms with Crippen LogP contribution in [0.25, 0.3) is 0 Å². The summed E-state index contributed by atoms with van der Waals surface area (Å²) < 4.78 is 2.10. The van der Waals surface area contributed by atoms with Crippen molar-refractivity contribution in [1.82, 2.24) is 9.55 Å². The van der Waals surface area contributed by atoms with Crippen LogP contribution in [0.5, 0.6) is 0 Å². The molecule has 0 atom stereocenters. The van der Waals surface area contributed by atoms with E-state index in [1.807, 2.05) is 12.4 Å². The number of aromatic nitrogens is 2. The van der Waals surface area contributed by atoms with Crippen LogP contribution in [0, 0.1) is 0 Å². The van der Waals surface area contributed by atoms with Gasteiger partial charge in [0.1, 0.15) is 0 Å². The Kier molecular flexibility index (Phi) is 5.18. The summed E-state index contributed by atoms with van der Waals surface area (Å²) in [6.07, 6.45) is 6.09. The second-order valence-corrected chi connectivity index (χ2v) is 3.58. The van der Waals surface area contributed by atoms with Gasteiger partial charge in [-0.15, -0.1) is 0 Å². The zero-order valence-electron chi connectivity index (χ0n) is 9.69. The van der Waals surface area contributed by atoms with Crippen LogP contribution in [0.1, 0.15) is 26.7 Å². The molecule has 0 bridgehead atoms. The molecular formula is C11H21N3O. The Hall–Kier alpha value is -1.03. The average Bonchev–Trinajstić information content (AvgIpc) is 2.72. The smallest absolute Gasteiger partial charge is 0.205 e. The lowest BCUT2D eigenvalue weighted by Gasteiger charge is -2.23. The molecule has 15 heavy (non-hydrogen) atoms. The standard InChI is InChI=1S/C11H21N3O/c1-3-5-7-14(9-10-15)11-12-6-8-13(11)4-2/h6,8,15H,3-5,7,9-10H2,1-2H3. The van der Waals surface area contributed by atoms with Gasteiger partial charge in [0.05, 0.1) is 6.61 Å². The third kappa shape index (κ3) is 3.23. The van der Waals surface area contributed by atoms with E-state index >= 15 is 0 Å². The lowest BCUT2D eigenvalue weighted by Crippen LogP contribution is -2.30. The molecule has 0 aromatic carbocycles. The van der Waals surface area contributed by atoms with Crippen LogP contribution >= 0.6 is 0 Å². The van der Waals surface area contributed by atoms with Crippen LogP contribution in [0.3, 0.4) is 0 Å². The highest BCUT2D eigenvalue weighted by Crippen LogP contribution is 2.11. The van der Waals surface area contributed by atoms with Crippen LogP contribution in [-0.4, -0.2) is 34.4 Å². The second kappa shape index (κ2) is 6.45. The zero-order valence-corrected chi connectivity index (χ0v) is 9.69. The van der Waals surface area contributed by atoms with Crippen molar-refractivity contribution in [2.45, 2.75) is 33.2 Å². The summed E-state index contributed by atoms with van der Waals surface area (Å²) in [5.74, 6) is 0.972. The van der Waals surface area contributed by atoms with E-state index in [-0.39, 0.29) is 6.61 Å². The number of hydrogen-bond acceptors (Lipinski definition) is 3. The predicted octanol–water partition coefficient (Wildman–Crippen LogP) is 1.50. The van der Waals surface area contributed by atoms with Gasteiger partial charge in [-0.3, -0.25) is 0 Å². The minimum absolute atomic E-state index is 0.181. The fraction of sp³-hybridized carbons (Fsp3) is 0.727. The Morgan fingerprint density at radius 2 is 2.20 bits per heavy atom. The largest absolute Gasteiger partial charge is 0.395 e. The number of aliphatic hydroxyl groups excluding tert-OH is 1. The Morgan fingerprint density at radius 1 is 1.40 bits per heavy atom. The maximum atomic E-state index is 9.02. The third-order valence-corrected chi connectivity index (χ3v) is 2.47. The summed E-state index contributed by atoms with van der Waals surface area (Å²) in [6, 6.07) is 0. The molecule has 0 aliphatic carbocycles. The molecule has 1 rings (SSSR count). The summed E-state index contributed by atoms with van der Waals surface area (Å²) in [5.41, 5.74) is 0. The monoisotopic (exact) mass is 211 g/mol. The van der Waals surface area contributed by atoms with Crippen molar-refractivity contribution in [2.75, 3.05) is 24.6 Å². The quantitative estimate of drug-likeness (QED) is 0.743. The van der Waals surface area contributed by atoms with E-state index in [0.717, 1.165) is 31.9 Å². The molecule has 4 heteroatoms. The van der Waals surface area contributed by atoms with Gasteiger partial charge in [0.15, 0.2) is 0 Å². The number of hydrogen-bond donors (Lipinski definition) is 1. The van der Waals surface area contributed by atoms with Crippen molar-refractivity contribution < 1.29 is 5.11 Å². The number of rotatable bonds is 7. The molecule has 0 fully saturated rings. The normalized spacial score (nSPS) is 10.6. The number of imidazole rings is 1. The lowest BCUT2D eigenvalue weighted by atomic mass is 10.3. The van der Waals surface area contributed by atoms with Crippen molar-refractivity contribution in [3.05, 3.63) is 12.4 Å². The van der Waals surface area contributed by atoms with Crippen molar-refractivity contribution >= 4 is 5.95 Å². The first-order valence-corrected chi connectivity index (χ1v) is 5.70. The first-order valence-electron chi connectivity index (χ1n) is 5.70. The molecule has 1 N–H and O–H groups in total. The van der Waals surface area contributed by atoms with Crippen molar-refractivity contribution in [3.8, 4) is 0 Å². The fourth-order valence-corrected chi connectivity index (χ4v) is 1.61. The molecule has 1 heterocycles. The van der Waals surface area contributed by atoms with E-state index in [1.165, 1.54) is 0 Å². The van der Waals surface area contributed by atoms with Crippen molar-refractivity contribution in [2.24, 2.45) is 0 Å². The Balaban J connectivity index is 2.69. The number of aliphatic hydroxyl groups is 1. The first kappa shape index (κ1) is 12.0. The summed E-state index contributed by atoms with van der Waals surface area (Å²) in [6.45, 7) is 7.00. The van der Waals surface area contributed by atoms with E-state index in [0.29, 0.717) is 6.54 Å². The number of aryl methyl sites for hydroxylation is 1. The highest BCUT2D eigenvalue weighted by atomic mass is 16.3. The van der Waals surface area contributed by atoms with Crippen LogP contribution in [-0.2, 0) is 6.54 Å². The molecule has 0 amide bonds. The number of unbranched alkanes of at least 4 members (excludes halogenated alkanes) is 1. The number of nitrogens with zero attached hydrogens (tertiary/aromatic N) is 3. The van der Waals surface area contributed by atoms with Gasteiger partial charge in [0.2, 0.25) is 5.95 Å². The third-order valence-electron chi connectivity index (χ3n) is 2.47. The van der Waals surface area contributed by atoms with Gasteiger partial charge >= 0.3 is 0 Å². The van der Waals surface area contributed by atoms with Gasteiger partial charge in [-0.1, -0.05) is 13.3 Å². The molecule has 0 saturated heterocycles. The van der Waals surface area contributed by atoms with Crippen molar-refractivity contribution in [1.29, 1.82) is 0 Å². The molecule has 0 unspecified atom stereocenters. The molecule has 0 saturated carbocycles. The molecule has 4 nitrogen and oxygen atoms in total. The van der Waals surface area contributed by atoms with Gasteiger partial charge < -0.3 is 14.6 Å². The van der Waals surface area contributed by atoms with E-state index in [1.54, 1.807) is 0 Å². The van der Waals surface area contributed by atoms with Gasteiger partial charge in [-0.2, -0.15) is 0 Å². The molecule has 0 radical (unpaired) electrons. The summed E-state index contributed by atoms with van der Waals surface area (Å²) in [7, 11) is 0. The number of anilines is 1. The van der Waals surface area contributed by atoms with E-state index in [2.05, 4.69) is 28.3 Å². The van der Waals surface area contributed by atoms with Crippen LogP contribution in [0.4, 0.5) is 5.95 Å². The molecule has 1 aromatic rings. The predicted molar refractivity (Wildman–Crippen MR) is 62.1 cm³/mol. The first-order chi connectivity index (χ1) is 7.33. The molecule has 0 spiro atoms. The second-order valence-electron chi connectivity index (χ2n) is 3.58. The molecule has 86 valence electrons. The highest BCUT2D eigenvalue weighted by molar-refractivity contribution is 5.30. The summed E-state index contributed by atoms with van der Waals surface area (Å²) in [5, 5.41) is 9.02. The molecule has 1 aromatic heterocycles. The van der Waals surface area contributed by atoms with Gasteiger partial charge in [-0.25, -0.2) is 4.98 Å². The Morgan fingerprint density at radius 3 is 2.80 bits per heavy atom. The van der Waals surface area contributed by atoms with Gasteiger partial charge in [-0.05, 0) is 13.3 Å². The van der Waals surface area contributed by atoms with Crippen molar-refractivity contribution in [3.63, 3.8) is 0 Å². The molecule has 0 aliphatic heterocycles. The Bertz CT molecular complexity index is 273. The summed E-state index contributed by atoms with van der Waals surface area (Å²) in [4.78, 5) is 6.48. The molecule has 0 aliphatic rings. The van der Waals surface area contributed by atoms with E-state index < -0.39 is 0 Å². The SMILES string of the molecule is CCCCN(CCO)c1nccn1CC. The highest BCUT2D eigenvalue weighted by Gasteiger charge is 2.10. The fourth-order valence-electron chi connectivity index (χ4n) is 1.61. The summed E-state index contributed by atoms with van der Waals surface area (Å²) >= 11 is 0. The minimum atomic E-state index is 0.181. The zero-order chi connectivity index (χ0) is 11.1. The molecular weight excluding hydrogens is 190 g/mol. The Labute approximate surface area is 91.5 Å². The minimum Gasteiger partial charge on any atom is -0.395 e. The van der Waals surface area contributed by atoms with E-state index in [4.69, 9.17) is 5.11 Å². The maximum Gasteiger partial charge on any atom is 0.205 e.